The molecule has 2 aliphatic heterocycles. The normalized spacial score (nSPS) is 12.0. The number of nitrogens with zero attached hydrogens (tertiary/aromatic N) is 6. The van der Waals surface area contributed by atoms with Crippen LogP contribution in [-0.4, -0.2) is 80.3 Å². The fraction of sp³-hybridized carbons (Fsp3) is 0.0556. The topological polar surface area (TPSA) is 162 Å². The van der Waals surface area contributed by atoms with Crippen LogP contribution < -0.4 is 0 Å². The second-order valence-electron chi connectivity index (χ2n) is 11.8. The van der Waals surface area contributed by atoms with Crippen LogP contribution in [0.2, 0.25) is 0 Å². The molecule has 7 aromatic rings. The Balaban J connectivity index is 0.000000245. The first-order chi connectivity index (χ1) is 26.3. The van der Waals surface area contributed by atoms with Crippen LogP contribution in [0.5, 0.6) is 0 Å². The molecule has 0 aliphatic carbocycles. The Morgan fingerprint density at radius 1 is 0.436 bits per heavy atom. The van der Waals surface area contributed by atoms with Crippen LogP contribution in [0.15, 0.2) is 97.1 Å². The monoisotopic (exact) mass is 816 g/mol. The number of hydrogen-bond donors (Lipinski definition) is 2. The molecule has 2 N–H and O–H groups in total. The van der Waals surface area contributed by atoms with E-state index in [-0.39, 0.29) is 0 Å². The molecule has 274 valence electrons. The third kappa shape index (κ3) is 6.82. The molecule has 9 rings (SSSR count). The molecule has 5 heterocycles. The molecule has 8 bridgehead atoms. The molecular weight excluding hydrogens is 795 g/mol. The van der Waals surface area contributed by atoms with E-state index in [0.717, 1.165) is 43.8 Å². The van der Waals surface area contributed by atoms with E-state index in [2.05, 4.69) is 17.5 Å². The fourth-order valence-corrected chi connectivity index (χ4v) is 7.15. The van der Waals surface area contributed by atoms with E-state index >= 15 is 0 Å². The van der Waals surface area contributed by atoms with Crippen molar-refractivity contribution >= 4 is 72.2 Å². The Bertz CT molecular complexity index is 2510. The Kier molecular flexibility index (Phi) is 8.75. The minimum absolute atomic E-state index is 0.597. The smallest absolute Gasteiger partial charge is 0.164 e. The summed E-state index contributed by atoms with van der Waals surface area (Å²) in [6.07, 6.45) is -10.6. The van der Waals surface area contributed by atoms with Crippen LogP contribution in [0.1, 0.15) is 0 Å². The van der Waals surface area contributed by atoms with Gasteiger partial charge in [-0.05, 0) is 0 Å². The Labute approximate surface area is 309 Å². The number of alkyl halides is 6. The number of fused-ring (bicyclic) bond motifs is 20. The van der Waals surface area contributed by atoms with Gasteiger partial charge >= 0.3 is 83.9 Å². The molecule has 2 aliphatic rings. The fourth-order valence-electron chi connectivity index (χ4n) is 5.89. The minimum Gasteiger partial charge on any atom is -0.324 e. The van der Waals surface area contributed by atoms with Gasteiger partial charge in [-0.3, -0.25) is 0 Å². The van der Waals surface area contributed by atoms with Crippen LogP contribution in [0.4, 0.5) is 26.3 Å². The van der Waals surface area contributed by atoms with E-state index in [0.29, 0.717) is 45.9 Å². The predicted molar refractivity (Wildman–Crippen MR) is 189 cm³/mol. The van der Waals surface area contributed by atoms with Crippen molar-refractivity contribution in [2.45, 2.75) is 12.4 Å². The predicted octanol–water partition coefficient (Wildman–Crippen LogP) is 7.07. The Morgan fingerprint density at radius 3 is 0.945 bits per heavy atom. The van der Waals surface area contributed by atoms with Crippen molar-refractivity contribution in [3.05, 3.63) is 97.1 Å². The summed E-state index contributed by atoms with van der Waals surface area (Å²) in [5.74, 6) is -2.95. The molecule has 3 aromatic heterocycles. The zero-order valence-electron chi connectivity index (χ0n) is 27.5. The number of carbonyl (C=O) groups is 2. The number of aromatic nitrogens is 8. The van der Waals surface area contributed by atoms with Gasteiger partial charge in [0.15, 0.2) is 23.3 Å². The summed E-state index contributed by atoms with van der Waals surface area (Å²) < 4.78 is 75.1. The number of halogens is 6. The maximum atomic E-state index is 11.4. The second kappa shape index (κ2) is 13.6. The molecule has 0 radical (unpaired) electrons. The van der Waals surface area contributed by atoms with Crippen LogP contribution in [-0.2, 0) is 17.1 Å². The number of nitrogens with one attached hydrogen (secondary N) is 2. The van der Waals surface area contributed by atoms with Crippen LogP contribution in [0.25, 0.3) is 89.7 Å². The second-order valence-corrected chi connectivity index (χ2v) is 13.5. The van der Waals surface area contributed by atoms with Gasteiger partial charge in [0.1, 0.15) is 22.6 Å². The molecule has 55 heavy (non-hydrogen) atoms. The summed E-state index contributed by atoms with van der Waals surface area (Å²) in [5, 5.41) is 3.82. The van der Waals surface area contributed by atoms with Crippen molar-refractivity contribution in [3.63, 3.8) is 0 Å². The third-order valence-electron chi connectivity index (χ3n) is 8.30. The van der Waals surface area contributed by atoms with Crippen LogP contribution in [0, 0.1) is 0 Å². The molecule has 4 aromatic carbocycles. The zero-order chi connectivity index (χ0) is 38.5. The van der Waals surface area contributed by atoms with Gasteiger partial charge in [-0.2, -0.15) is 0 Å². The van der Waals surface area contributed by atoms with Crippen molar-refractivity contribution in [1.82, 2.24) is 39.9 Å². The molecule has 0 amide bonds. The summed E-state index contributed by atoms with van der Waals surface area (Å²) in [6, 6.07) is 32.2. The largest absolute Gasteiger partial charge is 0.324 e. The van der Waals surface area contributed by atoms with Crippen molar-refractivity contribution in [2.24, 2.45) is 0 Å². The van der Waals surface area contributed by atoms with Crippen LogP contribution in [0.3, 0.4) is 0 Å². The summed E-state index contributed by atoms with van der Waals surface area (Å²) in [5.41, 5.74) is 6.45. The first kappa shape index (κ1) is 35.3. The standard InChI is InChI=1S/C32H18N8.C4H2F6GeO4/c1-2-10-18-17(9-1)25-33-26(18)38-28-21-13-5-6-14-22(21)30(35-28)40-32-24-16-8-7-15-23(24)31(36-32)39-29-20-12-4-3-11-19(20)27(34-29)37-25;5-3(6,7)1(12)14-11-15-2(13)4(8,9)10/h1-16H,(H2,33,34,35,36,37,38,39,40);11H2. The number of benzene rings is 4. The van der Waals surface area contributed by atoms with Crippen molar-refractivity contribution < 1.29 is 43.5 Å². The SMILES string of the molecule is O=C([O][GeH2][O]C(=O)C(F)(F)F)C(F)(F)F.c1ccc2c(c1)-c1nc-2nc2[nH]c(nc3nc(nc4[nH]c(n1)c1ccccc41)-c1ccccc1-3)c1ccccc21. The first-order valence-electron chi connectivity index (χ1n) is 16.0. The number of rotatable bonds is 2. The minimum atomic E-state index is -5.31. The molecule has 0 saturated heterocycles. The van der Waals surface area contributed by atoms with E-state index in [4.69, 9.17) is 29.9 Å². The number of hydrogen-bond acceptors (Lipinski definition) is 10. The average Bonchev–Trinajstić information content (AvgIpc) is 3.90. The quantitative estimate of drug-likeness (QED) is 0.137. The van der Waals surface area contributed by atoms with Crippen molar-refractivity contribution in [2.75, 3.05) is 0 Å². The summed E-state index contributed by atoms with van der Waals surface area (Å²) in [7, 11) is 0. The van der Waals surface area contributed by atoms with Crippen molar-refractivity contribution in [3.8, 4) is 45.6 Å². The third-order valence-corrected chi connectivity index (χ3v) is 9.90. The molecular formula is C36H20F6GeN8O4. The summed E-state index contributed by atoms with van der Waals surface area (Å²) >= 11 is -3.41. The van der Waals surface area contributed by atoms with Gasteiger partial charge in [-0.1, -0.05) is 97.1 Å². The molecule has 0 saturated carbocycles. The molecule has 12 nitrogen and oxygen atoms in total. The maximum Gasteiger partial charge on any atom is 0.164 e. The molecule has 0 fully saturated rings. The number of carbonyl (C=O) groups excluding carboxylic acids is 2. The van der Waals surface area contributed by atoms with E-state index in [1.54, 1.807) is 0 Å². The summed E-state index contributed by atoms with van der Waals surface area (Å²) in [6.45, 7) is 0. The van der Waals surface area contributed by atoms with Gasteiger partial charge in [-0.25, -0.2) is 29.9 Å². The first-order valence-corrected chi connectivity index (χ1v) is 18.4. The molecule has 0 atom stereocenters. The maximum absolute atomic E-state index is 11.4. The number of aromatic amines is 2. The van der Waals surface area contributed by atoms with Gasteiger partial charge in [0.05, 0.1) is 0 Å². The van der Waals surface area contributed by atoms with E-state index in [9.17, 15) is 35.9 Å². The van der Waals surface area contributed by atoms with E-state index in [1.165, 1.54) is 0 Å². The van der Waals surface area contributed by atoms with Crippen molar-refractivity contribution in [1.29, 1.82) is 0 Å². The Morgan fingerprint density at radius 2 is 0.691 bits per heavy atom. The molecule has 0 spiro atoms. The molecule has 0 unspecified atom stereocenters. The average molecular weight is 815 g/mol. The van der Waals surface area contributed by atoms with E-state index in [1.807, 2.05) is 97.1 Å². The van der Waals surface area contributed by atoms with Gasteiger partial charge in [0, 0.05) is 43.8 Å². The number of H-pyrrole nitrogens is 2. The summed E-state index contributed by atoms with van der Waals surface area (Å²) in [4.78, 5) is 56.6. The Hall–Kier alpha value is -6.70. The van der Waals surface area contributed by atoms with Crippen LogP contribution >= 0.6 is 0 Å². The van der Waals surface area contributed by atoms with Gasteiger partial charge in [-0.15, -0.1) is 0 Å². The zero-order valence-corrected chi connectivity index (χ0v) is 30.5. The van der Waals surface area contributed by atoms with Gasteiger partial charge < -0.3 is 9.97 Å². The van der Waals surface area contributed by atoms with Gasteiger partial charge in [0.2, 0.25) is 0 Å². The van der Waals surface area contributed by atoms with E-state index < -0.39 is 40.4 Å². The van der Waals surface area contributed by atoms with Gasteiger partial charge in [0.25, 0.3) is 0 Å². The molecule has 19 heteroatoms.